The molecule has 0 saturated carbocycles. The number of piperidine rings is 1. The Morgan fingerprint density at radius 3 is 2.37 bits per heavy atom. The van der Waals surface area contributed by atoms with Gasteiger partial charge in [0.15, 0.2) is 0 Å². The van der Waals surface area contributed by atoms with E-state index in [2.05, 4.69) is 6.07 Å². The molecule has 0 spiro atoms. The highest BCUT2D eigenvalue weighted by Gasteiger charge is 2.41. The van der Waals surface area contributed by atoms with Crippen molar-refractivity contribution in [3.05, 3.63) is 29.3 Å². The predicted octanol–water partition coefficient (Wildman–Crippen LogP) is 3.65. The first-order valence-corrected chi connectivity index (χ1v) is 6.24. The molecule has 1 fully saturated rings. The molecular weight excluding hydrogens is 253 g/mol. The molecule has 0 unspecified atom stereocenters. The second-order valence-corrected chi connectivity index (χ2v) is 4.91. The summed E-state index contributed by atoms with van der Waals surface area (Å²) in [6.45, 7) is 2.66. The number of anilines is 1. The van der Waals surface area contributed by atoms with Crippen LogP contribution >= 0.6 is 0 Å². The fourth-order valence-electron chi connectivity index (χ4n) is 2.44. The second-order valence-electron chi connectivity index (χ2n) is 4.91. The standard InChI is InChI=1S/C14H15F3N2/c1-10-8-13(3-2-11(10)9-18)19-6-4-12(5-7-19)14(15,16)17/h2-3,8,12H,4-7H2,1H3. The van der Waals surface area contributed by atoms with Gasteiger partial charge in [-0.1, -0.05) is 0 Å². The Morgan fingerprint density at radius 1 is 1.26 bits per heavy atom. The molecule has 1 aliphatic heterocycles. The van der Waals surface area contributed by atoms with Crippen LogP contribution in [-0.4, -0.2) is 19.3 Å². The molecular formula is C14H15F3N2. The monoisotopic (exact) mass is 268 g/mol. The van der Waals surface area contributed by atoms with Crippen molar-refractivity contribution in [3.8, 4) is 6.07 Å². The van der Waals surface area contributed by atoms with Gasteiger partial charge in [-0.3, -0.25) is 0 Å². The highest BCUT2D eigenvalue weighted by Crippen LogP contribution is 2.35. The molecule has 102 valence electrons. The average molecular weight is 268 g/mol. The zero-order chi connectivity index (χ0) is 14.0. The molecule has 1 aromatic carbocycles. The molecule has 0 aromatic heterocycles. The van der Waals surface area contributed by atoms with Crippen LogP contribution in [-0.2, 0) is 0 Å². The molecule has 0 radical (unpaired) electrons. The van der Waals surface area contributed by atoms with E-state index in [-0.39, 0.29) is 12.8 Å². The van der Waals surface area contributed by atoms with Crippen LogP contribution < -0.4 is 4.90 Å². The second kappa shape index (κ2) is 5.12. The molecule has 0 aliphatic carbocycles. The summed E-state index contributed by atoms with van der Waals surface area (Å²) in [5.41, 5.74) is 2.36. The molecule has 0 bridgehead atoms. The van der Waals surface area contributed by atoms with Gasteiger partial charge in [-0.2, -0.15) is 18.4 Å². The summed E-state index contributed by atoms with van der Waals surface area (Å²) in [6, 6.07) is 7.48. The van der Waals surface area contributed by atoms with E-state index in [4.69, 9.17) is 5.26 Å². The van der Waals surface area contributed by atoms with E-state index in [1.807, 2.05) is 17.9 Å². The maximum atomic E-state index is 12.6. The molecule has 5 heteroatoms. The fraction of sp³-hybridized carbons (Fsp3) is 0.500. The normalized spacial score (nSPS) is 17.3. The smallest absolute Gasteiger partial charge is 0.371 e. The zero-order valence-electron chi connectivity index (χ0n) is 10.7. The van der Waals surface area contributed by atoms with Crippen molar-refractivity contribution < 1.29 is 13.2 Å². The summed E-state index contributed by atoms with van der Waals surface area (Å²) in [5, 5.41) is 8.86. The Kier molecular flexibility index (Phi) is 3.70. The third kappa shape index (κ3) is 3.01. The lowest BCUT2D eigenvalue weighted by atomic mass is 9.95. The lowest BCUT2D eigenvalue weighted by molar-refractivity contribution is -0.179. The average Bonchev–Trinajstić information content (AvgIpc) is 2.38. The van der Waals surface area contributed by atoms with E-state index in [0.29, 0.717) is 18.7 Å². The van der Waals surface area contributed by atoms with Gasteiger partial charge in [0.1, 0.15) is 0 Å². The third-order valence-electron chi connectivity index (χ3n) is 3.65. The lowest BCUT2D eigenvalue weighted by Gasteiger charge is -2.34. The van der Waals surface area contributed by atoms with Crippen LogP contribution in [0.5, 0.6) is 0 Å². The van der Waals surface area contributed by atoms with Gasteiger partial charge < -0.3 is 4.90 Å². The van der Waals surface area contributed by atoms with Gasteiger partial charge in [-0.15, -0.1) is 0 Å². The third-order valence-corrected chi connectivity index (χ3v) is 3.65. The minimum absolute atomic E-state index is 0.141. The maximum Gasteiger partial charge on any atom is 0.391 e. The van der Waals surface area contributed by atoms with E-state index in [1.54, 1.807) is 12.1 Å². The van der Waals surface area contributed by atoms with Crippen molar-refractivity contribution in [2.75, 3.05) is 18.0 Å². The number of aryl methyl sites for hydroxylation is 1. The summed E-state index contributed by atoms with van der Waals surface area (Å²) in [4.78, 5) is 1.95. The van der Waals surface area contributed by atoms with E-state index >= 15 is 0 Å². The number of nitrogens with zero attached hydrogens (tertiary/aromatic N) is 2. The number of alkyl halides is 3. The van der Waals surface area contributed by atoms with E-state index in [9.17, 15) is 13.2 Å². The molecule has 2 nitrogen and oxygen atoms in total. The van der Waals surface area contributed by atoms with Crippen LogP contribution in [0.3, 0.4) is 0 Å². The molecule has 1 aromatic rings. The van der Waals surface area contributed by atoms with Crippen LogP contribution in [0.2, 0.25) is 0 Å². The summed E-state index contributed by atoms with van der Waals surface area (Å²) in [5.74, 6) is -1.18. The highest BCUT2D eigenvalue weighted by atomic mass is 19.4. The summed E-state index contributed by atoms with van der Waals surface area (Å²) < 4.78 is 37.7. The van der Waals surface area contributed by atoms with Gasteiger partial charge in [-0.05, 0) is 43.5 Å². The fourth-order valence-corrected chi connectivity index (χ4v) is 2.44. The predicted molar refractivity (Wildman–Crippen MR) is 66.9 cm³/mol. The Labute approximate surface area is 110 Å². The summed E-state index contributed by atoms with van der Waals surface area (Å²) in [7, 11) is 0. The van der Waals surface area contributed by atoms with Crippen LogP contribution in [0.15, 0.2) is 18.2 Å². The summed E-state index contributed by atoms with van der Waals surface area (Å²) in [6.07, 6.45) is -3.79. The van der Waals surface area contributed by atoms with Crippen molar-refractivity contribution in [1.82, 2.24) is 0 Å². The lowest BCUT2D eigenvalue weighted by Crippen LogP contribution is -2.39. The topological polar surface area (TPSA) is 27.0 Å². The first kappa shape index (κ1) is 13.7. The number of halogens is 3. The first-order valence-electron chi connectivity index (χ1n) is 6.24. The Morgan fingerprint density at radius 2 is 1.89 bits per heavy atom. The molecule has 0 atom stereocenters. The Hall–Kier alpha value is -1.70. The molecule has 19 heavy (non-hydrogen) atoms. The Balaban J connectivity index is 2.06. The van der Waals surface area contributed by atoms with E-state index in [0.717, 1.165) is 11.3 Å². The van der Waals surface area contributed by atoms with Gasteiger partial charge in [-0.25, -0.2) is 0 Å². The largest absolute Gasteiger partial charge is 0.391 e. The van der Waals surface area contributed by atoms with Crippen molar-refractivity contribution in [2.24, 2.45) is 5.92 Å². The number of hydrogen-bond acceptors (Lipinski definition) is 2. The van der Waals surface area contributed by atoms with E-state index < -0.39 is 12.1 Å². The molecule has 2 rings (SSSR count). The maximum absolute atomic E-state index is 12.6. The molecule has 1 saturated heterocycles. The minimum Gasteiger partial charge on any atom is -0.371 e. The van der Waals surface area contributed by atoms with Gasteiger partial charge in [0.05, 0.1) is 17.6 Å². The van der Waals surface area contributed by atoms with Crippen LogP contribution in [0.4, 0.5) is 18.9 Å². The minimum atomic E-state index is -4.08. The van der Waals surface area contributed by atoms with Gasteiger partial charge in [0, 0.05) is 18.8 Å². The van der Waals surface area contributed by atoms with Gasteiger partial charge in [0.25, 0.3) is 0 Å². The molecule has 1 heterocycles. The molecule has 0 N–H and O–H groups in total. The van der Waals surface area contributed by atoms with Crippen LogP contribution in [0.25, 0.3) is 0 Å². The number of nitriles is 1. The van der Waals surface area contributed by atoms with E-state index in [1.165, 1.54) is 0 Å². The number of hydrogen-bond donors (Lipinski definition) is 0. The Bertz CT molecular complexity index is 494. The van der Waals surface area contributed by atoms with Crippen LogP contribution in [0.1, 0.15) is 24.0 Å². The SMILES string of the molecule is Cc1cc(N2CCC(C(F)(F)F)CC2)ccc1C#N. The molecule has 0 amide bonds. The van der Waals surface area contributed by atoms with Crippen molar-refractivity contribution in [2.45, 2.75) is 25.9 Å². The quantitative estimate of drug-likeness (QED) is 0.777. The number of rotatable bonds is 1. The van der Waals surface area contributed by atoms with Gasteiger partial charge >= 0.3 is 6.18 Å². The number of benzene rings is 1. The van der Waals surface area contributed by atoms with Crippen molar-refractivity contribution >= 4 is 5.69 Å². The van der Waals surface area contributed by atoms with Crippen molar-refractivity contribution in [3.63, 3.8) is 0 Å². The first-order chi connectivity index (χ1) is 8.91. The highest BCUT2D eigenvalue weighted by molar-refractivity contribution is 5.53. The van der Waals surface area contributed by atoms with Crippen LogP contribution in [0, 0.1) is 24.2 Å². The molecule has 1 aliphatic rings. The zero-order valence-corrected chi connectivity index (χ0v) is 10.7. The van der Waals surface area contributed by atoms with Crippen molar-refractivity contribution in [1.29, 1.82) is 5.26 Å². The summed E-state index contributed by atoms with van der Waals surface area (Å²) >= 11 is 0. The van der Waals surface area contributed by atoms with Gasteiger partial charge in [0.2, 0.25) is 0 Å².